The van der Waals surface area contributed by atoms with Crippen molar-refractivity contribution >= 4 is 12.0 Å². The van der Waals surface area contributed by atoms with E-state index >= 15 is 0 Å². The number of aryl methyl sites for hydroxylation is 1. The van der Waals surface area contributed by atoms with E-state index in [1.165, 1.54) is 12.0 Å². The predicted molar refractivity (Wildman–Crippen MR) is 81.3 cm³/mol. The van der Waals surface area contributed by atoms with Gasteiger partial charge in [0, 0.05) is 6.08 Å². The van der Waals surface area contributed by atoms with E-state index in [-0.39, 0.29) is 12.5 Å². The van der Waals surface area contributed by atoms with Crippen LogP contribution >= 0.6 is 0 Å². The van der Waals surface area contributed by atoms with Gasteiger partial charge in [0.2, 0.25) is 5.91 Å². The van der Waals surface area contributed by atoms with E-state index in [1.54, 1.807) is 6.08 Å². The minimum Gasteiger partial charge on any atom is -0.394 e. The number of rotatable bonds is 4. The molecule has 108 valence electrons. The first kappa shape index (κ1) is 14.8. The predicted octanol–water partition coefficient (Wildman–Crippen LogP) is 2.82. The van der Waals surface area contributed by atoms with Crippen LogP contribution in [-0.2, 0) is 4.79 Å². The molecule has 20 heavy (non-hydrogen) atoms. The molecule has 2 N–H and O–H groups in total. The summed E-state index contributed by atoms with van der Waals surface area (Å²) in [5.74, 6) is -0.124. The van der Waals surface area contributed by atoms with Gasteiger partial charge >= 0.3 is 0 Å². The first-order valence-corrected chi connectivity index (χ1v) is 7.31. The second-order valence-corrected chi connectivity index (χ2v) is 5.73. The Morgan fingerprint density at radius 3 is 2.50 bits per heavy atom. The average molecular weight is 273 g/mol. The molecule has 1 aliphatic rings. The van der Waals surface area contributed by atoms with E-state index < -0.39 is 5.54 Å². The zero-order valence-corrected chi connectivity index (χ0v) is 12.1. The molecule has 0 aliphatic heterocycles. The van der Waals surface area contributed by atoms with Crippen molar-refractivity contribution in [2.75, 3.05) is 6.61 Å². The van der Waals surface area contributed by atoms with Gasteiger partial charge in [0.25, 0.3) is 0 Å². The number of nitrogens with one attached hydrogen (secondary N) is 1. The van der Waals surface area contributed by atoms with E-state index in [9.17, 15) is 9.90 Å². The Hall–Kier alpha value is -1.61. The van der Waals surface area contributed by atoms with Crippen LogP contribution in [0.25, 0.3) is 6.08 Å². The number of hydrogen-bond acceptors (Lipinski definition) is 2. The highest BCUT2D eigenvalue weighted by atomic mass is 16.3. The molecule has 0 unspecified atom stereocenters. The van der Waals surface area contributed by atoms with Crippen LogP contribution in [0.1, 0.15) is 43.2 Å². The zero-order valence-electron chi connectivity index (χ0n) is 12.1. The van der Waals surface area contributed by atoms with E-state index in [1.807, 2.05) is 37.3 Å². The Kier molecular flexibility index (Phi) is 4.96. The molecule has 2 rings (SSSR count). The lowest BCUT2D eigenvalue weighted by molar-refractivity contribution is -0.119. The van der Waals surface area contributed by atoms with Crippen LogP contribution in [0.5, 0.6) is 0 Å². The summed E-state index contributed by atoms with van der Waals surface area (Å²) in [5.41, 5.74) is 1.80. The number of carbonyl (C=O) groups is 1. The summed E-state index contributed by atoms with van der Waals surface area (Å²) in [6, 6.07) is 8.02. The summed E-state index contributed by atoms with van der Waals surface area (Å²) in [6.45, 7) is 2.06. The van der Waals surface area contributed by atoms with Crippen molar-refractivity contribution in [3.63, 3.8) is 0 Å². The van der Waals surface area contributed by atoms with Crippen molar-refractivity contribution in [2.45, 2.75) is 44.6 Å². The second-order valence-electron chi connectivity index (χ2n) is 5.73. The molecule has 0 bridgehead atoms. The van der Waals surface area contributed by atoms with Gasteiger partial charge in [-0.25, -0.2) is 0 Å². The Morgan fingerprint density at radius 1 is 1.25 bits per heavy atom. The summed E-state index contributed by atoms with van der Waals surface area (Å²) in [4.78, 5) is 12.0. The van der Waals surface area contributed by atoms with Crippen LogP contribution in [-0.4, -0.2) is 23.2 Å². The van der Waals surface area contributed by atoms with E-state index in [0.717, 1.165) is 31.2 Å². The second kappa shape index (κ2) is 6.71. The monoisotopic (exact) mass is 273 g/mol. The molecular weight excluding hydrogens is 250 g/mol. The topological polar surface area (TPSA) is 49.3 Å². The highest BCUT2D eigenvalue weighted by molar-refractivity contribution is 5.92. The number of amides is 1. The Morgan fingerprint density at radius 2 is 1.90 bits per heavy atom. The highest BCUT2D eigenvalue weighted by Crippen LogP contribution is 2.27. The van der Waals surface area contributed by atoms with Gasteiger partial charge in [0.05, 0.1) is 12.1 Å². The molecule has 1 aromatic carbocycles. The Labute approximate surface area is 120 Å². The summed E-state index contributed by atoms with van der Waals surface area (Å²) < 4.78 is 0. The lowest BCUT2D eigenvalue weighted by atomic mass is 9.82. The molecule has 0 aromatic heterocycles. The van der Waals surface area contributed by atoms with Crippen LogP contribution in [0.15, 0.2) is 30.3 Å². The Bertz CT molecular complexity index is 470. The quantitative estimate of drug-likeness (QED) is 0.829. The maximum absolute atomic E-state index is 12.0. The summed E-state index contributed by atoms with van der Waals surface area (Å²) in [6.07, 6.45) is 8.43. The molecule has 1 saturated carbocycles. The summed E-state index contributed by atoms with van der Waals surface area (Å²) in [5, 5.41) is 12.6. The molecule has 0 saturated heterocycles. The third-order valence-electron chi connectivity index (χ3n) is 4.01. The summed E-state index contributed by atoms with van der Waals surface area (Å²) >= 11 is 0. The van der Waals surface area contributed by atoms with Crippen molar-refractivity contribution < 1.29 is 9.90 Å². The standard InChI is InChI=1S/C17H23NO2/c1-14-5-7-15(8-6-14)9-10-16(20)18-17(13-19)11-3-2-4-12-17/h5-10,19H,2-4,11-13H2,1H3,(H,18,20). The van der Waals surface area contributed by atoms with Gasteiger partial charge < -0.3 is 10.4 Å². The minimum absolute atomic E-state index is 0.0249. The van der Waals surface area contributed by atoms with Gasteiger partial charge in [-0.3, -0.25) is 4.79 Å². The minimum atomic E-state index is -0.410. The van der Waals surface area contributed by atoms with Crippen LogP contribution in [0, 0.1) is 6.92 Å². The van der Waals surface area contributed by atoms with Gasteiger partial charge in [0.1, 0.15) is 0 Å². The number of carbonyl (C=O) groups excluding carboxylic acids is 1. The van der Waals surface area contributed by atoms with Gasteiger partial charge in [-0.2, -0.15) is 0 Å². The average Bonchev–Trinajstić information content (AvgIpc) is 2.47. The number of benzene rings is 1. The molecule has 0 atom stereocenters. The maximum atomic E-state index is 12.0. The van der Waals surface area contributed by atoms with Crippen LogP contribution in [0.4, 0.5) is 0 Å². The van der Waals surface area contributed by atoms with Crippen LogP contribution in [0.3, 0.4) is 0 Å². The number of hydrogen-bond donors (Lipinski definition) is 2. The van der Waals surface area contributed by atoms with Crippen molar-refractivity contribution in [3.8, 4) is 0 Å². The van der Waals surface area contributed by atoms with E-state index in [0.29, 0.717) is 0 Å². The number of aliphatic hydroxyl groups is 1. The third-order valence-corrected chi connectivity index (χ3v) is 4.01. The van der Waals surface area contributed by atoms with Crippen molar-refractivity contribution in [3.05, 3.63) is 41.5 Å². The molecule has 3 heteroatoms. The molecular formula is C17H23NO2. The Balaban J connectivity index is 1.95. The zero-order chi connectivity index (χ0) is 14.4. The SMILES string of the molecule is Cc1ccc(C=CC(=O)NC2(CO)CCCCC2)cc1. The highest BCUT2D eigenvalue weighted by Gasteiger charge is 2.32. The third kappa shape index (κ3) is 3.94. The molecule has 0 radical (unpaired) electrons. The van der Waals surface area contributed by atoms with E-state index in [2.05, 4.69) is 5.32 Å². The van der Waals surface area contributed by atoms with Gasteiger partial charge in [-0.15, -0.1) is 0 Å². The van der Waals surface area contributed by atoms with Gasteiger partial charge in [0.15, 0.2) is 0 Å². The van der Waals surface area contributed by atoms with Crippen LogP contribution in [0.2, 0.25) is 0 Å². The number of aliphatic hydroxyl groups excluding tert-OH is 1. The molecule has 1 aromatic rings. The molecule has 0 spiro atoms. The summed E-state index contributed by atoms with van der Waals surface area (Å²) in [7, 11) is 0. The van der Waals surface area contributed by atoms with E-state index in [4.69, 9.17) is 0 Å². The van der Waals surface area contributed by atoms with Crippen molar-refractivity contribution in [1.82, 2.24) is 5.32 Å². The fourth-order valence-corrected chi connectivity index (χ4v) is 2.70. The largest absolute Gasteiger partial charge is 0.394 e. The fourth-order valence-electron chi connectivity index (χ4n) is 2.70. The van der Waals surface area contributed by atoms with Crippen molar-refractivity contribution in [1.29, 1.82) is 0 Å². The van der Waals surface area contributed by atoms with Gasteiger partial charge in [-0.1, -0.05) is 49.1 Å². The smallest absolute Gasteiger partial charge is 0.244 e. The van der Waals surface area contributed by atoms with Gasteiger partial charge in [-0.05, 0) is 31.4 Å². The first-order valence-electron chi connectivity index (χ1n) is 7.31. The maximum Gasteiger partial charge on any atom is 0.244 e. The molecule has 3 nitrogen and oxygen atoms in total. The molecule has 1 aliphatic carbocycles. The van der Waals surface area contributed by atoms with Crippen molar-refractivity contribution in [2.24, 2.45) is 0 Å². The molecule has 1 fully saturated rings. The molecule has 1 amide bonds. The lowest BCUT2D eigenvalue weighted by Crippen LogP contribution is -2.52. The lowest BCUT2D eigenvalue weighted by Gasteiger charge is -2.36. The fraction of sp³-hybridized carbons (Fsp3) is 0.471. The first-order chi connectivity index (χ1) is 9.63. The molecule has 0 heterocycles. The normalized spacial score (nSPS) is 18.1. The van der Waals surface area contributed by atoms with Crippen LogP contribution < -0.4 is 5.32 Å².